The molecule has 12 nitrogen and oxygen atoms in total. The van der Waals surface area contributed by atoms with Crippen molar-refractivity contribution in [2.75, 3.05) is 7.11 Å². The predicted octanol–water partition coefficient (Wildman–Crippen LogP) is 3.46. The number of benzene rings is 1. The van der Waals surface area contributed by atoms with E-state index in [0.717, 1.165) is 37.0 Å². The molecule has 1 fully saturated rings. The van der Waals surface area contributed by atoms with Crippen molar-refractivity contribution < 1.29 is 19.1 Å². The van der Waals surface area contributed by atoms with Crippen LogP contribution in [0, 0.1) is 12.8 Å². The molecule has 0 atom stereocenters. The quantitative estimate of drug-likeness (QED) is 0.442. The molecule has 1 aliphatic rings. The lowest BCUT2D eigenvalue weighted by Crippen LogP contribution is -2.41. The molecule has 0 aliphatic heterocycles. The van der Waals surface area contributed by atoms with Crippen molar-refractivity contribution in [2.45, 2.75) is 78.1 Å². The number of carbonyl (C=O) groups is 2. The smallest absolute Gasteiger partial charge is 0.407 e. The van der Waals surface area contributed by atoms with Gasteiger partial charge < -0.3 is 20.1 Å². The predicted molar refractivity (Wildman–Crippen MR) is 143 cm³/mol. The van der Waals surface area contributed by atoms with E-state index in [4.69, 9.17) is 9.47 Å². The highest BCUT2D eigenvalue weighted by atomic mass is 16.6. The standard InChI is InChI=1S/C27H36N8O4/c1-17-29-22(14-23(30-17)25(36)28-15-19-7-6-8-21(13-19)38-5)24-32-34-35(33-24)16-18-9-11-20(12-10-18)31-26(37)39-27(2,3)4/h6-8,13-14,18,20H,9-12,15-16H2,1-5H3,(H,28,36)(H,31,37). The number of rotatable bonds is 8. The fourth-order valence-corrected chi connectivity index (χ4v) is 4.47. The Balaban J connectivity index is 1.32. The van der Waals surface area contributed by atoms with Crippen LogP contribution in [0.2, 0.25) is 0 Å². The summed E-state index contributed by atoms with van der Waals surface area (Å²) in [5.41, 5.74) is 1.06. The summed E-state index contributed by atoms with van der Waals surface area (Å²) in [6, 6.07) is 9.17. The van der Waals surface area contributed by atoms with Gasteiger partial charge in [-0.15, -0.1) is 10.2 Å². The maximum absolute atomic E-state index is 12.8. The average Bonchev–Trinajstić information content (AvgIpc) is 3.35. The van der Waals surface area contributed by atoms with Crippen molar-refractivity contribution in [2.24, 2.45) is 5.92 Å². The number of hydrogen-bond donors (Lipinski definition) is 2. The Hall–Kier alpha value is -4.09. The largest absolute Gasteiger partial charge is 0.497 e. The summed E-state index contributed by atoms with van der Waals surface area (Å²) in [6.45, 7) is 8.22. The van der Waals surface area contributed by atoms with Gasteiger partial charge in [0.1, 0.15) is 28.6 Å². The minimum absolute atomic E-state index is 0.104. The van der Waals surface area contributed by atoms with Gasteiger partial charge in [0.05, 0.1) is 13.7 Å². The van der Waals surface area contributed by atoms with Crippen LogP contribution in [0.25, 0.3) is 11.5 Å². The Morgan fingerprint density at radius 1 is 1.10 bits per heavy atom. The molecule has 1 aliphatic carbocycles. The number of hydrogen-bond acceptors (Lipinski definition) is 9. The topological polar surface area (TPSA) is 146 Å². The minimum Gasteiger partial charge on any atom is -0.497 e. The molecule has 39 heavy (non-hydrogen) atoms. The van der Waals surface area contributed by atoms with Crippen LogP contribution in [0.1, 0.15) is 68.3 Å². The molecule has 0 radical (unpaired) electrons. The fourth-order valence-electron chi connectivity index (χ4n) is 4.47. The Bertz CT molecular complexity index is 1290. The van der Waals surface area contributed by atoms with E-state index in [9.17, 15) is 9.59 Å². The van der Waals surface area contributed by atoms with Crippen molar-refractivity contribution in [3.8, 4) is 17.3 Å². The van der Waals surface area contributed by atoms with Crippen LogP contribution in [0.3, 0.4) is 0 Å². The molecule has 0 saturated heterocycles. The van der Waals surface area contributed by atoms with Gasteiger partial charge in [0.25, 0.3) is 5.91 Å². The minimum atomic E-state index is -0.513. The SMILES string of the molecule is COc1cccc(CNC(=O)c2cc(-c3nnn(CC4CCC(NC(=O)OC(C)(C)C)CC4)n3)nc(C)n2)c1. The van der Waals surface area contributed by atoms with Crippen LogP contribution in [-0.4, -0.2) is 60.9 Å². The van der Waals surface area contributed by atoms with Gasteiger partial charge in [-0.1, -0.05) is 12.1 Å². The maximum atomic E-state index is 12.8. The number of ether oxygens (including phenoxy) is 2. The van der Waals surface area contributed by atoms with Gasteiger partial charge in [-0.25, -0.2) is 14.8 Å². The lowest BCUT2D eigenvalue weighted by molar-refractivity contribution is 0.0485. The van der Waals surface area contributed by atoms with Crippen LogP contribution < -0.4 is 15.4 Å². The molecule has 0 bridgehead atoms. The van der Waals surface area contributed by atoms with Crippen molar-refractivity contribution in [3.05, 3.63) is 47.4 Å². The Labute approximate surface area is 227 Å². The van der Waals surface area contributed by atoms with E-state index in [1.807, 2.05) is 45.0 Å². The zero-order valence-corrected chi connectivity index (χ0v) is 23.1. The summed E-state index contributed by atoms with van der Waals surface area (Å²) < 4.78 is 10.6. The maximum Gasteiger partial charge on any atom is 0.407 e. The zero-order chi connectivity index (χ0) is 28.0. The van der Waals surface area contributed by atoms with Crippen LogP contribution >= 0.6 is 0 Å². The molecule has 2 N–H and O–H groups in total. The molecule has 12 heteroatoms. The molecule has 0 unspecified atom stereocenters. The Morgan fingerprint density at radius 3 is 2.59 bits per heavy atom. The molecule has 2 heterocycles. The van der Waals surface area contributed by atoms with Crippen LogP contribution in [0.4, 0.5) is 4.79 Å². The lowest BCUT2D eigenvalue weighted by atomic mass is 9.86. The van der Waals surface area contributed by atoms with Gasteiger partial charge in [0, 0.05) is 12.6 Å². The van der Waals surface area contributed by atoms with Crippen molar-refractivity contribution in [1.82, 2.24) is 40.8 Å². The summed E-state index contributed by atoms with van der Waals surface area (Å²) in [5, 5.41) is 18.7. The van der Waals surface area contributed by atoms with Gasteiger partial charge in [-0.2, -0.15) is 4.80 Å². The van der Waals surface area contributed by atoms with Crippen LogP contribution in [0.15, 0.2) is 30.3 Å². The molecule has 3 aromatic rings. The molecule has 208 valence electrons. The number of carbonyl (C=O) groups excluding carboxylic acids is 2. The molecular weight excluding hydrogens is 500 g/mol. The van der Waals surface area contributed by atoms with Crippen LogP contribution in [0.5, 0.6) is 5.75 Å². The first-order valence-corrected chi connectivity index (χ1v) is 13.1. The normalized spacial score (nSPS) is 17.4. The third-order valence-electron chi connectivity index (χ3n) is 6.33. The van der Waals surface area contributed by atoms with Crippen molar-refractivity contribution in [1.29, 1.82) is 0 Å². The van der Waals surface area contributed by atoms with E-state index < -0.39 is 5.60 Å². The monoisotopic (exact) mass is 536 g/mol. The zero-order valence-electron chi connectivity index (χ0n) is 23.1. The summed E-state index contributed by atoms with van der Waals surface area (Å²) in [7, 11) is 1.60. The summed E-state index contributed by atoms with van der Waals surface area (Å²) in [4.78, 5) is 35.1. The highest BCUT2D eigenvalue weighted by molar-refractivity contribution is 5.93. The summed E-state index contributed by atoms with van der Waals surface area (Å²) in [6.07, 6.45) is 3.22. The number of nitrogens with one attached hydrogen (secondary N) is 2. The second-order valence-electron chi connectivity index (χ2n) is 10.8. The van der Waals surface area contributed by atoms with E-state index in [2.05, 4.69) is 36.0 Å². The van der Waals surface area contributed by atoms with E-state index >= 15 is 0 Å². The number of nitrogens with zero attached hydrogens (tertiary/aromatic N) is 6. The Morgan fingerprint density at radius 2 is 1.87 bits per heavy atom. The lowest BCUT2D eigenvalue weighted by Gasteiger charge is -2.29. The molecule has 4 rings (SSSR count). The van der Waals surface area contributed by atoms with Crippen molar-refractivity contribution in [3.63, 3.8) is 0 Å². The number of aryl methyl sites for hydroxylation is 1. The molecular formula is C27H36N8O4. The number of tetrazole rings is 1. The third-order valence-corrected chi connectivity index (χ3v) is 6.33. The van der Waals surface area contributed by atoms with Gasteiger partial charge in [0.2, 0.25) is 5.82 Å². The van der Waals surface area contributed by atoms with E-state index in [-0.39, 0.29) is 23.7 Å². The number of methoxy groups -OCH3 is 1. The van der Waals surface area contributed by atoms with Crippen molar-refractivity contribution >= 4 is 12.0 Å². The first-order chi connectivity index (χ1) is 18.6. The molecule has 1 aromatic carbocycles. The third kappa shape index (κ3) is 8.20. The van der Waals surface area contributed by atoms with Gasteiger partial charge in [-0.3, -0.25) is 4.79 Å². The molecule has 2 aromatic heterocycles. The average molecular weight is 537 g/mol. The second-order valence-corrected chi connectivity index (χ2v) is 10.8. The molecule has 1 saturated carbocycles. The van der Waals surface area contributed by atoms with E-state index in [0.29, 0.717) is 36.4 Å². The van der Waals surface area contributed by atoms with E-state index in [1.54, 1.807) is 24.9 Å². The molecule has 0 spiro atoms. The Kier molecular flexibility index (Phi) is 8.72. The molecule has 2 amide bonds. The van der Waals surface area contributed by atoms with Crippen LogP contribution in [-0.2, 0) is 17.8 Å². The number of amides is 2. The highest BCUT2D eigenvalue weighted by Gasteiger charge is 2.26. The summed E-state index contributed by atoms with van der Waals surface area (Å²) in [5.74, 6) is 1.54. The van der Waals surface area contributed by atoms with Gasteiger partial charge in [-0.05, 0) is 88.3 Å². The van der Waals surface area contributed by atoms with E-state index in [1.165, 1.54) is 0 Å². The first kappa shape index (κ1) is 27.9. The highest BCUT2D eigenvalue weighted by Crippen LogP contribution is 2.26. The number of aromatic nitrogens is 6. The summed E-state index contributed by atoms with van der Waals surface area (Å²) >= 11 is 0. The van der Waals surface area contributed by atoms with Gasteiger partial charge >= 0.3 is 6.09 Å². The number of alkyl carbamates (subject to hydrolysis) is 1. The fraction of sp³-hybridized carbons (Fsp3) is 0.519. The van der Waals surface area contributed by atoms with Gasteiger partial charge in [0.15, 0.2) is 0 Å². The first-order valence-electron chi connectivity index (χ1n) is 13.1. The second kappa shape index (κ2) is 12.2.